The third kappa shape index (κ3) is 2.92. The van der Waals surface area contributed by atoms with Gasteiger partial charge in [0.2, 0.25) is 0 Å². The van der Waals surface area contributed by atoms with Crippen molar-refractivity contribution in [2.45, 2.75) is 52.6 Å². The zero-order valence-electron chi connectivity index (χ0n) is 17.2. The number of carbonyl (C=O) groups is 4. The Kier molecular flexibility index (Phi) is 4.63. The van der Waals surface area contributed by atoms with Gasteiger partial charge in [0.15, 0.2) is 0 Å². The lowest BCUT2D eigenvalue weighted by molar-refractivity contribution is -0.236. The first-order valence-corrected chi connectivity index (χ1v) is 10.3. The summed E-state index contributed by atoms with van der Waals surface area (Å²) in [5, 5.41) is 0. The van der Waals surface area contributed by atoms with Crippen molar-refractivity contribution in [3.8, 4) is 0 Å². The van der Waals surface area contributed by atoms with Crippen LogP contribution in [0.15, 0.2) is 12.2 Å². The molecule has 7 heteroatoms. The lowest BCUT2D eigenvalue weighted by atomic mass is 9.46. The minimum atomic E-state index is -0.896. The summed E-state index contributed by atoms with van der Waals surface area (Å²) in [4.78, 5) is 50.7. The van der Waals surface area contributed by atoms with Crippen molar-refractivity contribution < 1.29 is 33.4 Å². The second kappa shape index (κ2) is 6.67. The number of hydrogen-bond acceptors (Lipinski definition) is 7. The van der Waals surface area contributed by atoms with Crippen LogP contribution >= 0.6 is 0 Å². The fourth-order valence-electron chi connectivity index (χ4n) is 6.36. The fraction of sp³-hybridized carbons (Fsp3) is 0.727. The third-order valence-electron chi connectivity index (χ3n) is 7.77. The van der Waals surface area contributed by atoms with E-state index in [-0.39, 0.29) is 42.3 Å². The fourth-order valence-corrected chi connectivity index (χ4v) is 6.36. The molecule has 0 radical (unpaired) electrons. The Hall–Kier alpha value is -2.18. The van der Waals surface area contributed by atoms with Gasteiger partial charge in [0, 0.05) is 30.8 Å². The normalized spacial score (nSPS) is 41.1. The van der Waals surface area contributed by atoms with Gasteiger partial charge >= 0.3 is 17.9 Å². The van der Waals surface area contributed by atoms with Crippen LogP contribution in [0, 0.1) is 34.5 Å². The Labute approximate surface area is 170 Å². The number of hydrogen-bond donors (Lipinski definition) is 0. The topological polar surface area (TPSA) is 96.0 Å². The van der Waals surface area contributed by atoms with Crippen LogP contribution in [-0.4, -0.2) is 43.0 Å². The summed E-state index contributed by atoms with van der Waals surface area (Å²) in [5.41, 5.74) is -0.955. The molecule has 0 aromatic carbocycles. The van der Waals surface area contributed by atoms with Crippen molar-refractivity contribution in [1.29, 1.82) is 0 Å². The molecule has 0 amide bonds. The van der Waals surface area contributed by atoms with Crippen molar-refractivity contribution in [1.82, 2.24) is 0 Å². The largest absolute Gasteiger partial charge is 0.465 e. The number of esters is 3. The van der Waals surface area contributed by atoms with Gasteiger partial charge in [0.1, 0.15) is 18.5 Å². The summed E-state index contributed by atoms with van der Waals surface area (Å²) < 4.78 is 17.1. The highest BCUT2D eigenvalue weighted by Gasteiger charge is 2.68. The van der Waals surface area contributed by atoms with E-state index in [2.05, 4.69) is 20.4 Å². The van der Waals surface area contributed by atoms with Gasteiger partial charge in [-0.1, -0.05) is 20.4 Å². The first kappa shape index (κ1) is 20.1. The maximum atomic E-state index is 13.5. The molecule has 5 rings (SSSR count). The van der Waals surface area contributed by atoms with Crippen LogP contribution in [0.5, 0.6) is 0 Å². The molecular formula is C22H28O7. The highest BCUT2D eigenvalue weighted by Crippen LogP contribution is 2.61. The second-order valence-electron chi connectivity index (χ2n) is 9.71. The molecule has 0 aromatic rings. The van der Waals surface area contributed by atoms with E-state index in [4.69, 9.17) is 14.2 Å². The predicted molar refractivity (Wildman–Crippen MR) is 100 cm³/mol. The smallest absolute Gasteiger partial charge is 0.333 e. The van der Waals surface area contributed by atoms with Crippen LogP contribution in [0.25, 0.3) is 0 Å². The average Bonchev–Trinajstić information content (AvgIpc) is 2.64. The lowest BCUT2D eigenvalue weighted by Crippen LogP contribution is -2.68. The maximum Gasteiger partial charge on any atom is 0.333 e. The van der Waals surface area contributed by atoms with Crippen molar-refractivity contribution in [3.05, 3.63) is 12.2 Å². The van der Waals surface area contributed by atoms with Crippen molar-refractivity contribution in [2.24, 2.45) is 34.5 Å². The van der Waals surface area contributed by atoms with E-state index in [0.29, 0.717) is 12.8 Å². The highest BCUT2D eigenvalue weighted by molar-refractivity contribution is 5.94. The molecule has 3 aliphatic heterocycles. The van der Waals surface area contributed by atoms with Crippen LogP contribution in [0.2, 0.25) is 0 Å². The van der Waals surface area contributed by atoms with Crippen molar-refractivity contribution in [2.75, 3.05) is 13.2 Å². The lowest BCUT2D eigenvalue weighted by Gasteiger charge is -2.61. The molecule has 4 bridgehead atoms. The zero-order valence-corrected chi connectivity index (χ0v) is 17.2. The van der Waals surface area contributed by atoms with Gasteiger partial charge in [-0.2, -0.15) is 0 Å². The monoisotopic (exact) mass is 404 g/mol. The van der Waals surface area contributed by atoms with Crippen LogP contribution in [0.1, 0.15) is 46.5 Å². The minimum absolute atomic E-state index is 0.00601. The molecule has 158 valence electrons. The third-order valence-corrected chi connectivity index (χ3v) is 7.77. The van der Waals surface area contributed by atoms with Crippen LogP contribution < -0.4 is 0 Å². The van der Waals surface area contributed by atoms with E-state index < -0.39 is 47.2 Å². The Bertz CT molecular complexity index is 797. The first-order valence-electron chi connectivity index (χ1n) is 10.3. The molecule has 0 N–H and O–H groups in total. The number of fused-ring (bicyclic) bond motifs is 4. The summed E-state index contributed by atoms with van der Waals surface area (Å²) >= 11 is 0. The van der Waals surface area contributed by atoms with E-state index in [9.17, 15) is 19.2 Å². The molecule has 3 heterocycles. The zero-order chi connectivity index (χ0) is 21.1. The number of carbonyl (C=O) groups excluding carboxylic acids is 4. The van der Waals surface area contributed by atoms with Gasteiger partial charge in [-0.05, 0) is 30.6 Å². The number of Topliss-reactive ketones (excluding diaryl/α,β-unsaturated/α-hetero) is 1. The average molecular weight is 404 g/mol. The SMILES string of the molecule is C=C1C(=O)OC[C@@H]2C(C)(C)CC[C@H](OC(C)=O)[C@]23COC(=O)[C@@H]2C[C@H]1CC(=O)[C@@H]23. The van der Waals surface area contributed by atoms with E-state index in [1.165, 1.54) is 6.92 Å². The van der Waals surface area contributed by atoms with E-state index >= 15 is 0 Å². The number of ether oxygens (including phenoxy) is 3. The van der Waals surface area contributed by atoms with E-state index in [0.717, 1.165) is 6.42 Å². The van der Waals surface area contributed by atoms with Gasteiger partial charge < -0.3 is 14.2 Å². The van der Waals surface area contributed by atoms with Gasteiger partial charge in [-0.25, -0.2) is 4.79 Å². The molecule has 5 fully saturated rings. The van der Waals surface area contributed by atoms with E-state index in [1.807, 2.05) is 0 Å². The number of ketones is 1. The molecular weight excluding hydrogens is 376 g/mol. The maximum absolute atomic E-state index is 13.5. The van der Waals surface area contributed by atoms with Gasteiger partial charge in [-0.3, -0.25) is 14.4 Å². The minimum Gasteiger partial charge on any atom is -0.465 e. The Morgan fingerprint density at radius 3 is 2.62 bits per heavy atom. The molecule has 3 saturated heterocycles. The molecule has 2 saturated carbocycles. The predicted octanol–water partition coefficient (Wildman–Crippen LogP) is 2.22. The first-order chi connectivity index (χ1) is 13.6. The molecule has 0 unspecified atom stereocenters. The molecule has 5 aliphatic rings. The number of cyclic esters (lactones) is 1. The molecule has 6 atom stereocenters. The second-order valence-corrected chi connectivity index (χ2v) is 9.71. The Morgan fingerprint density at radius 1 is 1.21 bits per heavy atom. The summed E-state index contributed by atoms with van der Waals surface area (Å²) in [7, 11) is 0. The van der Waals surface area contributed by atoms with Gasteiger partial charge in [0.05, 0.1) is 17.9 Å². The van der Waals surface area contributed by atoms with Crippen LogP contribution in [0.3, 0.4) is 0 Å². The van der Waals surface area contributed by atoms with Crippen LogP contribution in [-0.2, 0) is 33.4 Å². The highest BCUT2D eigenvalue weighted by atomic mass is 16.6. The Morgan fingerprint density at radius 2 is 1.93 bits per heavy atom. The van der Waals surface area contributed by atoms with Gasteiger partial charge in [0.25, 0.3) is 0 Å². The van der Waals surface area contributed by atoms with Crippen molar-refractivity contribution >= 4 is 23.7 Å². The van der Waals surface area contributed by atoms with Crippen molar-refractivity contribution in [3.63, 3.8) is 0 Å². The molecule has 0 aromatic heterocycles. The Balaban J connectivity index is 1.92. The quantitative estimate of drug-likeness (QED) is 0.376. The summed E-state index contributed by atoms with van der Waals surface area (Å²) in [6.45, 7) is 9.41. The summed E-state index contributed by atoms with van der Waals surface area (Å²) in [5.74, 6) is -3.44. The van der Waals surface area contributed by atoms with E-state index in [1.54, 1.807) is 0 Å². The standard InChI is InChI=1S/C22H28O7/c1-11-13-7-14-18(15(24)8-13)22(10-28-20(14)26)16(9-27-19(11)25)21(3,4)6-5-17(22)29-12(2)23/h13-14,16-18H,1,5-10H2,2-4H3/t13-,14+,16+,17-,18+,22-/m0/s1. The van der Waals surface area contributed by atoms with Crippen LogP contribution in [0.4, 0.5) is 0 Å². The molecule has 2 aliphatic carbocycles. The molecule has 1 spiro atoms. The number of rotatable bonds is 1. The van der Waals surface area contributed by atoms with Gasteiger partial charge in [-0.15, -0.1) is 0 Å². The summed E-state index contributed by atoms with van der Waals surface area (Å²) in [6, 6.07) is 0. The summed E-state index contributed by atoms with van der Waals surface area (Å²) in [6.07, 6.45) is 1.20. The molecule has 29 heavy (non-hydrogen) atoms. The molecule has 7 nitrogen and oxygen atoms in total.